The van der Waals surface area contributed by atoms with Gasteiger partial charge in [0.15, 0.2) is 0 Å². The van der Waals surface area contributed by atoms with Crippen LogP contribution in [-0.4, -0.2) is 19.1 Å². The van der Waals surface area contributed by atoms with E-state index in [9.17, 15) is 4.79 Å². The van der Waals surface area contributed by atoms with Crippen molar-refractivity contribution in [3.05, 3.63) is 34.3 Å². The van der Waals surface area contributed by atoms with Gasteiger partial charge in [0.05, 0.1) is 5.41 Å². The molecule has 0 spiro atoms. The highest BCUT2D eigenvalue weighted by Crippen LogP contribution is 2.34. The van der Waals surface area contributed by atoms with Crippen LogP contribution in [0.1, 0.15) is 31.7 Å². The maximum absolute atomic E-state index is 12.3. The van der Waals surface area contributed by atoms with Gasteiger partial charge in [-0.3, -0.25) is 4.79 Å². The molecule has 0 unspecified atom stereocenters. The van der Waals surface area contributed by atoms with Crippen LogP contribution in [0.5, 0.6) is 0 Å². The molecule has 1 N–H and O–H groups in total. The van der Waals surface area contributed by atoms with Crippen molar-refractivity contribution >= 4 is 21.9 Å². The topological polar surface area (TPSA) is 38.3 Å². The molecule has 3 nitrogen and oxygen atoms in total. The largest absolute Gasteiger partial charge is 0.460 e. The third-order valence-corrected chi connectivity index (χ3v) is 4.42. The Morgan fingerprint density at radius 1 is 1.42 bits per heavy atom. The molecular formula is C15H20BrNO2. The Bertz CT molecular complexity index is 442. The van der Waals surface area contributed by atoms with E-state index >= 15 is 0 Å². The van der Waals surface area contributed by atoms with Crippen LogP contribution in [0.4, 0.5) is 0 Å². The number of nitrogens with one attached hydrogen (secondary N) is 1. The molecule has 0 aliphatic carbocycles. The zero-order valence-electron chi connectivity index (χ0n) is 11.2. The third-order valence-electron chi connectivity index (χ3n) is 3.93. The molecule has 0 amide bonds. The van der Waals surface area contributed by atoms with E-state index in [-0.39, 0.29) is 11.4 Å². The van der Waals surface area contributed by atoms with Crippen LogP contribution in [0.25, 0.3) is 0 Å². The first kappa shape index (κ1) is 14.5. The smallest absolute Gasteiger partial charge is 0.312 e. The second-order valence-electron chi connectivity index (χ2n) is 5.09. The molecule has 4 heteroatoms. The normalized spacial score (nSPS) is 18.0. The lowest BCUT2D eigenvalue weighted by Crippen LogP contribution is -2.42. The Balaban J connectivity index is 1.96. The molecule has 1 aromatic rings. The summed E-state index contributed by atoms with van der Waals surface area (Å²) in [6, 6.07) is 7.87. The summed E-state index contributed by atoms with van der Waals surface area (Å²) in [4.78, 5) is 12.3. The fraction of sp³-hybridized carbons (Fsp3) is 0.533. The summed E-state index contributed by atoms with van der Waals surface area (Å²) in [7, 11) is 0. The zero-order valence-corrected chi connectivity index (χ0v) is 12.8. The van der Waals surface area contributed by atoms with Gasteiger partial charge in [-0.1, -0.05) is 35.0 Å². The van der Waals surface area contributed by atoms with Crippen LogP contribution in [0.15, 0.2) is 28.7 Å². The molecule has 1 saturated heterocycles. The summed E-state index contributed by atoms with van der Waals surface area (Å²) in [5.74, 6) is -0.0449. The van der Waals surface area contributed by atoms with E-state index in [0.29, 0.717) is 6.61 Å². The number of carbonyl (C=O) groups is 1. The second-order valence-corrected chi connectivity index (χ2v) is 6.01. The van der Waals surface area contributed by atoms with Gasteiger partial charge >= 0.3 is 5.97 Å². The van der Waals surface area contributed by atoms with Gasteiger partial charge < -0.3 is 10.1 Å². The van der Waals surface area contributed by atoms with Crippen molar-refractivity contribution in [2.24, 2.45) is 5.41 Å². The van der Waals surface area contributed by atoms with E-state index in [1.807, 2.05) is 24.3 Å². The third kappa shape index (κ3) is 3.57. The number of benzene rings is 1. The van der Waals surface area contributed by atoms with Crippen LogP contribution >= 0.6 is 15.9 Å². The van der Waals surface area contributed by atoms with Crippen molar-refractivity contribution < 1.29 is 9.53 Å². The number of ether oxygens (including phenoxy) is 1. The maximum atomic E-state index is 12.3. The minimum absolute atomic E-state index is 0.0449. The summed E-state index contributed by atoms with van der Waals surface area (Å²) in [5, 5.41) is 3.30. The Kier molecular flexibility index (Phi) is 4.99. The van der Waals surface area contributed by atoms with E-state index in [4.69, 9.17) is 4.74 Å². The molecule has 104 valence electrons. The fourth-order valence-electron chi connectivity index (χ4n) is 2.54. The number of carbonyl (C=O) groups excluding carboxylic acids is 1. The standard InChI is InChI=1S/C15H20BrNO2/c1-2-15(6-8-17-9-7-15)14(18)19-11-12-4-3-5-13(16)10-12/h3-5,10,17H,2,6-9,11H2,1H3. The number of rotatable bonds is 4. The predicted molar refractivity (Wildman–Crippen MR) is 78.8 cm³/mol. The van der Waals surface area contributed by atoms with Crippen molar-refractivity contribution in [1.82, 2.24) is 5.32 Å². The molecule has 0 bridgehead atoms. The van der Waals surface area contributed by atoms with E-state index < -0.39 is 0 Å². The predicted octanol–water partition coefficient (Wildman–Crippen LogP) is 3.27. The lowest BCUT2D eigenvalue weighted by atomic mass is 9.77. The first-order chi connectivity index (χ1) is 9.16. The van der Waals surface area contributed by atoms with E-state index in [1.54, 1.807) is 0 Å². The number of halogens is 1. The summed E-state index contributed by atoms with van der Waals surface area (Å²) in [5.41, 5.74) is 0.736. The number of esters is 1. The molecule has 0 saturated carbocycles. The van der Waals surface area contributed by atoms with Crippen molar-refractivity contribution in [3.8, 4) is 0 Å². The van der Waals surface area contributed by atoms with Crippen LogP contribution in [0.2, 0.25) is 0 Å². The van der Waals surface area contributed by atoms with Crippen LogP contribution in [0.3, 0.4) is 0 Å². The van der Waals surface area contributed by atoms with Gasteiger partial charge in [-0.2, -0.15) is 0 Å². The lowest BCUT2D eigenvalue weighted by molar-refractivity contribution is -0.159. The molecular weight excluding hydrogens is 306 g/mol. The number of hydrogen-bond donors (Lipinski definition) is 1. The molecule has 19 heavy (non-hydrogen) atoms. The molecule has 1 aromatic carbocycles. The van der Waals surface area contributed by atoms with E-state index in [1.165, 1.54) is 0 Å². The van der Waals surface area contributed by atoms with E-state index in [0.717, 1.165) is 42.4 Å². The van der Waals surface area contributed by atoms with Crippen molar-refractivity contribution in [2.75, 3.05) is 13.1 Å². The molecule has 2 rings (SSSR count). The van der Waals surface area contributed by atoms with Crippen LogP contribution in [-0.2, 0) is 16.1 Å². The Morgan fingerprint density at radius 3 is 2.79 bits per heavy atom. The van der Waals surface area contributed by atoms with Crippen molar-refractivity contribution in [3.63, 3.8) is 0 Å². The monoisotopic (exact) mass is 325 g/mol. The van der Waals surface area contributed by atoms with Crippen molar-refractivity contribution in [1.29, 1.82) is 0 Å². The van der Waals surface area contributed by atoms with Crippen molar-refractivity contribution in [2.45, 2.75) is 32.8 Å². The van der Waals surface area contributed by atoms with Crippen LogP contribution in [0, 0.1) is 5.41 Å². The summed E-state index contributed by atoms with van der Waals surface area (Å²) in [6.45, 7) is 4.23. The number of piperidine rings is 1. The average Bonchev–Trinajstić information content (AvgIpc) is 2.45. The lowest BCUT2D eigenvalue weighted by Gasteiger charge is -2.34. The van der Waals surface area contributed by atoms with Gasteiger partial charge in [0.25, 0.3) is 0 Å². The highest BCUT2D eigenvalue weighted by atomic mass is 79.9. The zero-order chi connectivity index (χ0) is 13.7. The molecule has 1 fully saturated rings. The van der Waals surface area contributed by atoms with Gasteiger partial charge in [-0.05, 0) is 50.0 Å². The Morgan fingerprint density at radius 2 is 2.16 bits per heavy atom. The first-order valence-corrected chi connectivity index (χ1v) is 7.58. The molecule has 0 atom stereocenters. The SMILES string of the molecule is CCC1(C(=O)OCc2cccc(Br)c2)CCNCC1. The first-order valence-electron chi connectivity index (χ1n) is 6.79. The van der Waals surface area contributed by atoms with Gasteiger partial charge in [0.1, 0.15) is 6.61 Å². The highest BCUT2D eigenvalue weighted by Gasteiger charge is 2.39. The highest BCUT2D eigenvalue weighted by molar-refractivity contribution is 9.10. The fourth-order valence-corrected chi connectivity index (χ4v) is 2.98. The molecule has 1 heterocycles. The summed E-state index contributed by atoms with van der Waals surface area (Å²) < 4.78 is 6.54. The summed E-state index contributed by atoms with van der Waals surface area (Å²) >= 11 is 3.42. The van der Waals surface area contributed by atoms with Gasteiger partial charge in [0, 0.05) is 4.47 Å². The molecule has 1 aliphatic heterocycles. The summed E-state index contributed by atoms with van der Waals surface area (Å²) in [6.07, 6.45) is 2.60. The van der Waals surface area contributed by atoms with Crippen LogP contribution < -0.4 is 5.32 Å². The second kappa shape index (κ2) is 6.53. The number of hydrogen-bond acceptors (Lipinski definition) is 3. The van der Waals surface area contributed by atoms with E-state index in [2.05, 4.69) is 28.2 Å². The molecule has 1 aliphatic rings. The average molecular weight is 326 g/mol. The maximum Gasteiger partial charge on any atom is 0.312 e. The Labute approximate surface area is 122 Å². The quantitative estimate of drug-likeness (QED) is 0.863. The Hall–Kier alpha value is -0.870. The molecule has 0 radical (unpaired) electrons. The minimum atomic E-state index is -0.280. The van der Waals surface area contributed by atoms with Gasteiger partial charge in [-0.25, -0.2) is 0 Å². The van der Waals surface area contributed by atoms with Gasteiger partial charge in [0.2, 0.25) is 0 Å². The van der Waals surface area contributed by atoms with Gasteiger partial charge in [-0.15, -0.1) is 0 Å². The molecule has 0 aromatic heterocycles. The minimum Gasteiger partial charge on any atom is -0.460 e.